The smallest absolute Gasteiger partial charge is 0.402 e. The zero-order chi connectivity index (χ0) is 30.9. The maximum absolute atomic E-state index is 12.7. The second kappa shape index (κ2) is 15.6. The van der Waals surface area contributed by atoms with E-state index in [2.05, 4.69) is 35.8 Å². The minimum Gasteiger partial charge on any atom is -0.497 e. The Kier molecular flexibility index (Phi) is 12.5. The monoisotopic (exact) mass is 610 g/mol. The van der Waals surface area contributed by atoms with Crippen LogP contribution in [-0.4, -0.2) is 87.1 Å². The molecule has 2 aliphatic rings. The summed E-state index contributed by atoms with van der Waals surface area (Å²) in [6.45, 7) is 7.03. The minimum absolute atomic E-state index is 0.0167. The molecule has 7 nitrogen and oxygen atoms in total. The van der Waals surface area contributed by atoms with Gasteiger partial charge in [0.1, 0.15) is 28.9 Å². The number of hydrogen-bond donors (Lipinski definition) is 0. The van der Waals surface area contributed by atoms with Crippen LogP contribution in [0.2, 0.25) is 5.15 Å². The number of benzene rings is 1. The van der Waals surface area contributed by atoms with Crippen molar-refractivity contribution in [2.45, 2.75) is 51.1 Å². The van der Waals surface area contributed by atoms with E-state index in [1.807, 2.05) is 17.0 Å². The Morgan fingerprint density at radius 1 is 1.17 bits per heavy atom. The number of anilines is 1. The lowest BCUT2D eigenvalue weighted by atomic mass is 9.92. The van der Waals surface area contributed by atoms with Crippen LogP contribution in [0.3, 0.4) is 0 Å². The van der Waals surface area contributed by atoms with E-state index in [-0.39, 0.29) is 17.8 Å². The van der Waals surface area contributed by atoms with Crippen LogP contribution < -0.4 is 9.64 Å². The molecule has 2 saturated heterocycles. The lowest BCUT2D eigenvalue weighted by Gasteiger charge is -2.33. The van der Waals surface area contributed by atoms with Gasteiger partial charge in [0, 0.05) is 26.2 Å². The van der Waals surface area contributed by atoms with E-state index in [0.717, 1.165) is 44.3 Å². The van der Waals surface area contributed by atoms with E-state index in [0.29, 0.717) is 22.4 Å². The number of piperidine rings is 1. The fourth-order valence-electron chi connectivity index (χ4n) is 5.38. The molecule has 2 fully saturated rings. The van der Waals surface area contributed by atoms with Crippen molar-refractivity contribution >= 4 is 29.6 Å². The Morgan fingerprint density at radius 3 is 2.43 bits per heavy atom. The van der Waals surface area contributed by atoms with Gasteiger partial charge in [-0.2, -0.15) is 13.2 Å². The number of methoxy groups -OCH3 is 1. The number of pyridine rings is 1. The molecule has 2 aromatic rings. The second-order valence-corrected chi connectivity index (χ2v) is 11.8. The molecule has 0 spiro atoms. The first kappa shape index (κ1) is 33.6. The van der Waals surface area contributed by atoms with Crippen LogP contribution >= 0.6 is 11.6 Å². The number of aromatic nitrogens is 1. The van der Waals surface area contributed by atoms with Crippen LogP contribution in [0.25, 0.3) is 0 Å². The summed E-state index contributed by atoms with van der Waals surface area (Å²) in [5, 5.41) is 0.338. The largest absolute Gasteiger partial charge is 0.497 e. The molecule has 232 valence electrons. The molecule has 1 amide bonds. The SMILES string of the molecule is CC1CCN(C(=O)c2ccc(N3CCC(CCCN(C)C)CC3)nc2Cl)C1.COc1cccc(C(C=O)C(F)(F)F)c1. The number of rotatable bonds is 9. The van der Waals surface area contributed by atoms with Gasteiger partial charge in [0.15, 0.2) is 0 Å². The highest BCUT2D eigenvalue weighted by Crippen LogP contribution is 2.34. The fourth-order valence-corrected chi connectivity index (χ4v) is 5.61. The Bertz CT molecular complexity index is 1170. The van der Waals surface area contributed by atoms with Crippen LogP contribution in [0, 0.1) is 11.8 Å². The molecule has 11 heteroatoms. The maximum Gasteiger partial charge on any atom is 0.402 e. The molecule has 0 saturated carbocycles. The number of nitrogens with zero attached hydrogens (tertiary/aromatic N) is 4. The Hall–Kier alpha value is -2.85. The van der Waals surface area contributed by atoms with Gasteiger partial charge in [-0.25, -0.2) is 4.98 Å². The summed E-state index contributed by atoms with van der Waals surface area (Å²) in [6.07, 6.45) is 1.38. The zero-order valence-electron chi connectivity index (χ0n) is 24.9. The average Bonchev–Trinajstić information content (AvgIpc) is 3.39. The van der Waals surface area contributed by atoms with Gasteiger partial charge < -0.3 is 24.2 Å². The van der Waals surface area contributed by atoms with Crippen molar-refractivity contribution in [1.82, 2.24) is 14.8 Å². The number of hydrogen-bond acceptors (Lipinski definition) is 6. The standard InChI is InChI=1S/C21H33ClN4O.C10H9F3O2/c1-16-8-12-26(15-16)21(27)18-6-7-19(23-20(18)22)25-13-9-17(10-14-25)5-4-11-24(2)3;1-15-8-4-2-3-7(5-8)9(6-14)10(11,12)13/h6-7,16-17H,4-5,8-15H2,1-3H3;2-6,9H,1H3. The van der Waals surface area contributed by atoms with E-state index >= 15 is 0 Å². The molecule has 0 radical (unpaired) electrons. The highest BCUT2D eigenvalue weighted by Gasteiger charge is 2.40. The molecule has 2 unspecified atom stereocenters. The Labute approximate surface area is 252 Å². The molecule has 1 aromatic heterocycles. The normalized spacial score (nSPS) is 18.5. The number of halogens is 4. The lowest BCUT2D eigenvalue weighted by Crippen LogP contribution is -2.34. The number of alkyl halides is 3. The van der Waals surface area contributed by atoms with Gasteiger partial charge in [-0.05, 0) is 94.4 Å². The first-order valence-corrected chi connectivity index (χ1v) is 14.8. The van der Waals surface area contributed by atoms with E-state index in [4.69, 9.17) is 16.3 Å². The number of likely N-dealkylation sites (tertiary alicyclic amines) is 1. The topological polar surface area (TPSA) is 66.0 Å². The van der Waals surface area contributed by atoms with Crippen LogP contribution in [0.5, 0.6) is 5.75 Å². The van der Waals surface area contributed by atoms with E-state index in [1.54, 1.807) is 0 Å². The average molecular weight is 611 g/mol. The highest BCUT2D eigenvalue weighted by molar-refractivity contribution is 6.32. The number of amides is 1. The van der Waals surface area contributed by atoms with Crippen molar-refractivity contribution < 1.29 is 27.5 Å². The summed E-state index contributed by atoms with van der Waals surface area (Å²) in [5.74, 6) is 0.506. The lowest BCUT2D eigenvalue weighted by molar-refractivity contribution is -0.155. The molecule has 0 N–H and O–H groups in total. The van der Waals surface area contributed by atoms with Crippen LogP contribution in [0.15, 0.2) is 36.4 Å². The number of carbonyl (C=O) groups excluding carboxylic acids is 2. The molecule has 0 aliphatic carbocycles. The van der Waals surface area contributed by atoms with Crippen molar-refractivity contribution in [3.8, 4) is 5.75 Å². The molecule has 2 aliphatic heterocycles. The summed E-state index contributed by atoms with van der Waals surface area (Å²) >= 11 is 6.40. The minimum atomic E-state index is -4.56. The van der Waals surface area contributed by atoms with Crippen molar-refractivity contribution in [2.24, 2.45) is 11.8 Å². The van der Waals surface area contributed by atoms with Gasteiger partial charge >= 0.3 is 6.18 Å². The molecule has 42 heavy (non-hydrogen) atoms. The number of aldehydes is 1. The molecular formula is C31H42ClF3N4O3. The summed E-state index contributed by atoms with van der Waals surface area (Å²) in [7, 11) is 5.62. The first-order chi connectivity index (χ1) is 19.9. The third-order valence-electron chi connectivity index (χ3n) is 7.87. The van der Waals surface area contributed by atoms with Crippen molar-refractivity contribution in [2.75, 3.05) is 58.8 Å². The second-order valence-electron chi connectivity index (χ2n) is 11.5. The zero-order valence-corrected chi connectivity index (χ0v) is 25.6. The summed E-state index contributed by atoms with van der Waals surface area (Å²) in [4.78, 5) is 34.1. The molecule has 2 atom stereocenters. The molecule has 3 heterocycles. The van der Waals surface area contributed by atoms with Crippen LogP contribution in [-0.2, 0) is 4.79 Å². The quantitative estimate of drug-likeness (QED) is 0.245. The van der Waals surface area contributed by atoms with Crippen molar-refractivity contribution in [3.63, 3.8) is 0 Å². The van der Waals surface area contributed by atoms with E-state index in [9.17, 15) is 22.8 Å². The third-order valence-corrected chi connectivity index (χ3v) is 8.16. The molecular weight excluding hydrogens is 569 g/mol. The summed E-state index contributed by atoms with van der Waals surface area (Å²) < 4.78 is 41.9. The third kappa shape index (κ3) is 9.59. The van der Waals surface area contributed by atoms with Gasteiger partial charge in [-0.3, -0.25) is 4.79 Å². The Morgan fingerprint density at radius 2 is 1.88 bits per heavy atom. The van der Waals surface area contributed by atoms with Gasteiger partial charge in [-0.1, -0.05) is 30.7 Å². The van der Waals surface area contributed by atoms with Gasteiger partial charge in [0.05, 0.1) is 12.7 Å². The van der Waals surface area contributed by atoms with Gasteiger partial charge in [0.2, 0.25) is 0 Å². The van der Waals surface area contributed by atoms with Crippen LogP contribution in [0.4, 0.5) is 19.0 Å². The highest BCUT2D eigenvalue weighted by atomic mass is 35.5. The molecule has 1 aromatic carbocycles. The summed E-state index contributed by atoms with van der Waals surface area (Å²) in [5.41, 5.74) is 0.421. The van der Waals surface area contributed by atoms with Crippen LogP contribution in [0.1, 0.15) is 60.9 Å². The van der Waals surface area contributed by atoms with Crippen molar-refractivity contribution in [1.29, 1.82) is 0 Å². The Balaban J connectivity index is 0.000000274. The van der Waals surface area contributed by atoms with Crippen molar-refractivity contribution in [3.05, 3.63) is 52.7 Å². The predicted molar refractivity (Wildman–Crippen MR) is 160 cm³/mol. The summed E-state index contributed by atoms with van der Waals surface area (Å²) in [6, 6.07) is 9.20. The molecule has 4 rings (SSSR count). The number of ether oxygens (including phenoxy) is 1. The van der Waals surface area contributed by atoms with E-state index < -0.39 is 12.1 Å². The first-order valence-electron chi connectivity index (χ1n) is 14.4. The van der Waals surface area contributed by atoms with Gasteiger partial charge in [0.25, 0.3) is 5.91 Å². The number of carbonyl (C=O) groups is 2. The molecule has 0 bridgehead atoms. The fraction of sp³-hybridized carbons (Fsp3) is 0.581. The van der Waals surface area contributed by atoms with Gasteiger partial charge in [-0.15, -0.1) is 0 Å². The predicted octanol–water partition coefficient (Wildman–Crippen LogP) is 6.32. The van der Waals surface area contributed by atoms with E-state index in [1.165, 1.54) is 63.6 Å². The maximum atomic E-state index is 12.7.